The number of allylic oxidation sites excluding steroid dienone is 3. The first kappa shape index (κ1) is 11.5. The summed E-state index contributed by atoms with van der Waals surface area (Å²) in [6.45, 7) is 12.7. The molecule has 0 aromatic carbocycles. The van der Waals surface area contributed by atoms with E-state index < -0.39 is 0 Å². The van der Waals surface area contributed by atoms with E-state index in [1.807, 2.05) is 6.08 Å². The molecule has 0 heterocycles. The molecule has 0 amide bonds. The molecule has 0 rings (SSSR count). The van der Waals surface area contributed by atoms with Crippen LogP contribution in [0.1, 0.15) is 47.0 Å². The van der Waals surface area contributed by atoms with Gasteiger partial charge in [-0.05, 0) is 25.7 Å². The highest BCUT2D eigenvalue weighted by molar-refractivity contribution is 5.23. The fraction of sp³-hybridized carbons (Fsp3) is 0.667. The molecular weight excluding hydrogens is 144 g/mol. The van der Waals surface area contributed by atoms with Gasteiger partial charge < -0.3 is 0 Å². The molecule has 0 saturated heterocycles. The Labute approximate surface area is 77.4 Å². The molecule has 0 aliphatic heterocycles. The third-order valence-corrected chi connectivity index (χ3v) is 2.31. The summed E-state index contributed by atoms with van der Waals surface area (Å²) in [5.74, 6) is 0.676. The highest BCUT2D eigenvalue weighted by Crippen LogP contribution is 2.21. The Balaban J connectivity index is 4.32. The van der Waals surface area contributed by atoms with Crippen molar-refractivity contribution in [1.29, 1.82) is 0 Å². The minimum absolute atomic E-state index is 0.676. The normalized spacial score (nSPS) is 13.1. The van der Waals surface area contributed by atoms with E-state index in [4.69, 9.17) is 0 Å². The van der Waals surface area contributed by atoms with E-state index in [9.17, 15) is 0 Å². The van der Waals surface area contributed by atoms with Crippen molar-refractivity contribution in [2.45, 2.75) is 47.0 Å². The molecule has 12 heavy (non-hydrogen) atoms. The van der Waals surface area contributed by atoms with Crippen LogP contribution in [0.25, 0.3) is 0 Å². The van der Waals surface area contributed by atoms with Gasteiger partial charge in [-0.2, -0.15) is 0 Å². The molecule has 0 N–H and O–H groups in total. The Morgan fingerprint density at radius 3 is 2.33 bits per heavy atom. The second kappa shape index (κ2) is 6.05. The zero-order valence-electron chi connectivity index (χ0n) is 8.98. The molecular formula is C12H22. The summed E-state index contributed by atoms with van der Waals surface area (Å²) >= 11 is 0. The lowest BCUT2D eigenvalue weighted by atomic mass is 9.93. The van der Waals surface area contributed by atoms with Crippen LogP contribution in [0.15, 0.2) is 23.8 Å². The van der Waals surface area contributed by atoms with E-state index in [1.165, 1.54) is 24.8 Å². The second-order valence-electron chi connectivity index (χ2n) is 3.67. The maximum Gasteiger partial charge on any atom is -0.0254 e. The van der Waals surface area contributed by atoms with E-state index in [1.54, 1.807) is 5.57 Å². The molecule has 0 aliphatic carbocycles. The smallest absolute Gasteiger partial charge is 0.0254 e. The molecule has 0 heteroatoms. The van der Waals surface area contributed by atoms with Crippen LogP contribution >= 0.6 is 0 Å². The van der Waals surface area contributed by atoms with Crippen molar-refractivity contribution in [3.05, 3.63) is 23.8 Å². The van der Waals surface area contributed by atoms with Gasteiger partial charge >= 0.3 is 0 Å². The van der Waals surface area contributed by atoms with Gasteiger partial charge in [-0.1, -0.05) is 51.0 Å². The van der Waals surface area contributed by atoms with Crippen molar-refractivity contribution in [3.8, 4) is 0 Å². The van der Waals surface area contributed by atoms with Gasteiger partial charge in [-0.3, -0.25) is 0 Å². The molecule has 0 aromatic heterocycles. The van der Waals surface area contributed by atoms with Crippen LogP contribution in [0.2, 0.25) is 0 Å². The third-order valence-electron chi connectivity index (χ3n) is 2.31. The highest BCUT2D eigenvalue weighted by Gasteiger charge is 2.04. The van der Waals surface area contributed by atoms with Gasteiger partial charge in [0.05, 0.1) is 0 Å². The molecule has 70 valence electrons. The summed E-state index contributed by atoms with van der Waals surface area (Å²) in [6.07, 6.45) is 5.80. The zero-order valence-corrected chi connectivity index (χ0v) is 8.98. The average Bonchev–Trinajstić information content (AvgIpc) is 2.04. The Bertz CT molecular complexity index is 161. The van der Waals surface area contributed by atoms with Gasteiger partial charge in [0.15, 0.2) is 0 Å². The van der Waals surface area contributed by atoms with E-state index >= 15 is 0 Å². The largest absolute Gasteiger partial charge is 0.0988 e. The molecule has 0 aliphatic rings. The van der Waals surface area contributed by atoms with E-state index in [2.05, 4.69) is 34.3 Å². The van der Waals surface area contributed by atoms with E-state index in [0.717, 1.165) is 0 Å². The molecule has 0 bridgehead atoms. The van der Waals surface area contributed by atoms with Crippen LogP contribution in [-0.2, 0) is 0 Å². The molecule has 0 fully saturated rings. The summed E-state index contributed by atoms with van der Waals surface area (Å²) in [5, 5.41) is 0. The molecule has 0 spiro atoms. The molecule has 0 aromatic rings. The minimum atomic E-state index is 0.676. The van der Waals surface area contributed by atoms with Crippen molar-refractivity contribution in [2.24, 2.45) is 5.92 Å². The first-order chi connectivity index (χ1) is 5.63. The maximum absolute atomic E-state index is 3.81. The Morgan fingerprint density at radius 2 is 2.00 bits per heavy atom. The summed E-state index contributed by atoms with van der Waals surface area (Å²) in [5.41, 5.74) is 2.95. The zero-order chi connectivity index (χ0) is 9.56. The number of hydrogen-bond acceptors (Lipinski definition) is 0. The molecule has 0 unspecified atom stereocenters. The van der Waals surface area contributed by atoms with Gasteiger partial charge in [0.2, 0.25) is 0 Å². The number of rotatable bonds is 5. The number of hydrogen-bond donors (Lipinski definition) is 0. The van der Waals surface area contributed by atoms with Gasteiger partial charge in [-0.15, -0.1) is 0 Å². The fourth-order valence-electron chi connectivity index (χ4n) is 1.44. The van der Waals surface area contributed by atoms with Crippen molar-refractivity contribution in [2.75, 3.05) is 0 Å². The van der Waals surface area contributed by atoms with Crippen LogP contribution in [-0.4, -0.2) is 0 Å². The first-order valence-electron chi connectivity index (χ1n) is 4.95. The first-order valence-corrected chi connectivity index (χ1v) is 4.95. The molecule has 0 atom stereocenters. The van der Waals surface area contributed by atoms with Crippen molar-refractivity contribution in [1.82, 2.24) is 0 Å². The Hall–Kier alpha value is -0.520. The summed E-state index contributed by atoms with van der Waals surface area (Å²) < 4.78 is 0. The van der Waals surface area contributed by atoms with Crippen molar-refractivity contribution < 1.29 is 0 Å². The summed E-state index contributed by atoms with van der Waals surface area (Å²) in [6, 6.07) is 0. The Morgan fingerprint density at radius 1 is 1.42 bits per heavy atom. The highest BCUT2D eigenvalue weighted by atomic mass is 14.1. The standard InChI is InChI=1S/C12H22/c1-6-8-9-12(10(3)4)11(5)7-2/h7,10H,2,6,8-9H2,1,3-5H3. The number of unbranched alkanes of at least 4 members (excludes halogenated alkanes) is 1. The average molecular weight is 166 g/mol. The second-order valence-corrected chi connectivity index (χ2v) is 3.67. The predicted molar refractivity (Wildman–Crippen MR) is 57.3 cm³/mol. The summed E-state index contributed by atoms with van der Waals surface area (Å²) in [7, 11) is 0. The van der Waals surface area contributed by atoms with Crippen LogP contribution in [0.3, 0.4) is 0 Å². The van der Waals surface area contributed by atoms with E-state index in [0.29, 0.717) is 5.92 Å². The molecule has 0 radical (unpaired) electrons. The minimum Gasteiger partial charge on any atom is -0.0988 e. The van der Waals surface area contributed by atoms with Gasteiger partial charge in [0.25, 0.3) is 0 Å². The lowest BCUT2D eigenvalue weighted by molar-refractivity contribution is 0.667. The van der Waals surface area contributed by atoms with Crippen LogP contribution in [0.5, 0.6) is 0 Å². The fourth-order valence-corrected chi connectivity index (χ4v) is 1.44. The molecule has 0 nitrogen and oxygen atoms in total. The Kier molecular flexibility index (Phi) is 5.79. The monoisotopic (exact) mass is 166 g/mol. The molecule has 0 saturated carbocycles. The summed E-state index contributed by atoms with van der Waals surface area (Å²) in [4.78, 5) is 0. The van der Waals surface area contributed by atoms with Crippen molar-refractivity contribution >= 4 is 0 Å². The van der Waals surface area contributed by atoms with Gasteiger partial charge in [0.1, 0.15) is 0 Å². The van der Waals surface area contributed by atoms with Gasteiger partial charge in [-0.25, -0.2) is 0 Å². The predicted octanol–water partition coefficient (Wildman–Crippen LogP) is 4.34. The lowest BCUT2D eigenvalue weighted by Crippen LogP contribution is -1.97. The van der Waals surface area contributed by atoms with Crippen molar-refractivity contribution in [3.63, 3.8) is 0 Å². The van der Waals surface area contributed by atoms with Gasteiger partial charge in [0, 0.05) is 0 Å². The SMILES string of the molecule is C=CC(C)=C(CCCC)C(C)C. The lowest BCUT2D eigenvalue weighted by Gasteiger charge is -2.13. The van der Waals surface area contributed by atoms with Crippen LogP contribution in [0.4, 0.5) is 0 Å². The maximum atomic E-state index is 3.81. The third kappa shape index (κ3) is 3.75. The van der Waals surface area contributed by atoms with E-state index in [-0.39, 0.29) is 0 Å². The van der Waals surface area contributed by atoms with Crippen LogP contribution < -0.4 is 0 Å². The topological polar surface area (TPSA) is 0 Å². The van der Waals surface area contributed by atoms with Crippen LogP contribution in [0, 0.1) is 5.92 Å². The quantitative estimate of drug-likeness (QED) is 0.533.